The van der Waals surface area contributed by atoms with Crippen LogP contribution in [0.3, 0.4) is 0 Å². The molecule has 0 radical (unpaired) electrons. The zero-order valence-electron chi connectivity index (χ0n) is 19.9. The molecule has 1 aliphatic carbocycles. The number of fused-ring (bicyclic) bond motifs is 4. The molecule has 1 aromatic carbocycles. The number of anilines is 2. The van der Waals surface area contributed by atoms with Crippen LogP contribution in [0.25, 0.3) is 10.2 Å². The maximum Gasteiger partial charge on any atom is 0.263 e. The van der Waals surface area contributed by atoms with E-state index in [0.717, 1.165) is 34.6 Å². The first-order valence-electron chi connectivity index (χ1n) is 12.2. The van der Waals surface area contributed by atoms with Gasteiger partial charge in [0.25, 0.3) is 5.91 Å². The lowest BCUT2D eigenvalue weighted by Crippen LogP contribution is -2.58. The number of thiophene rings is 1. The highest BCUT2D eigenvalue weighted by Gasteiger charge is 2.34. The van der Waals surface area contributed by atoms with Gasteiger partial charge in [0.15, 0.2) is 0 Å². The van der Waals surface area contributed by atoms with Gasteiger partial charge in [-0.1, -0.05) is 0 Å². The number of aromatic nitrogens is 1. The molecule has 6 rings (SSSR count). The molecule has 8 nitrogen and oxygen atoms in total. The van der Waals surface area contributed by atoms with Crippen molar-refractivity contribution in [3.63, 3.8) is 0 Å². The Kier molecular flexibility index (Phi) is 5.79. The number of carbonyl (C=O) groups is 1. The van der Waals surface area contributed by atoms with Gasteiger partial charge in [0, 0.05) is 43.3 Å². The largest absolute Gasteiger partial charge is 0.397 e. The highest BCUT2D eigenvalue weighted by atomic mass is 32.1. The van der Waals surface area contributed by atoms with Crippen LogP contribution in [0, 0.1) is 24.1 Å². The number of halogens is 1. The number of nitrogens with one attached hydrogen (secondary N) is 2. The molecule has 4 heterocycles. The Labute approximate surface area is 212 Å². The number of benzene rings is 1. The van der Waals surface area contributed by atoms with E-state index in [1.54, 1.807) is 0 Å². The summed E-state index contributed by atoms with van der Waals surface area (Å²) < 4.78 is 21.4. The minimum Gasteiger partial charge on any atom is -0.397 e. The van der Waals surface area contributed by atoms with Crippen LogP contribution in [0.15, 0.2) is 18.2 Å². The van der Waals surface area contributed by atoms with Gasteiger partial charge in [0.1, 0.15) is 21.6 Å². The van der Waals surface area contributed by atoms with Gasteiger partial charge in [-0.3, -0.25) is 4.79 Å². The van der Waals surface area contributed by atoms with Crippen LogP contribution in [-0.4, -0.2) is 55.3 Å². The summed E-state index contributed by atoms with van der Waals surface area (Å²) in [6.45, 7) is 4.65. The predicted molar refractivity (Wildman–Crippen MR) is 137 cm³/mol. The zero-order valence-corrected chi connectivity index (χ0v) is 20.8. The van der Waals surface area contributed by atoms with E-state index in [2.05, 4.69) is 26.6 Å². The second-order valence-electron chi connectivity index (χ2n) is 9.83. The molecule has 36 heavy (non-hydrogen) atoms. The van der Waals surface area contributed by atoms with Crippen molar-refractivity contribution in [1.82, 2.24) is 15.6 Å². The van der Waals surface area contributed by atoms with Crippen molar-refractivity contribution in [3.05, 3.63) is 51.3 Å². The Hall–Kier alpha value is -3.26. The molecule has 2 saturated heterocycles. The van der Waals surface area contributed by atoms with E-state index in [1.807, 2.05) is 19.1 Å². The van der Waals surface area contributed by atoms with E-state index in [9.17, 15) is 10.1 Å². The van der Waals surface area contributed by atoms with E-state index in [0.29, 0.717) is 59.7 Å². The summed E-state index contributed by atoms with van der Waals surface area (Å²) >= 11 is 1.27. The number of rotatable bonds is 3. The summed E-state index contributed by atoms with van der Waals surface area (Å²) in [5, 5.41) is 17.2. The number of nitriles is 1. The van der Waals surface area contributed by atoms with Crippen molar-refractivity contribution in [2.75, 3.05) is 36.8 Å². The fourth-order valence-electron chi connectivity index (χ4n) is 5.65. The maximum absolute atomic E-state index is 15.4. The Morgan fingerprint density at radius 2 is 2.11 bits per heavy atom. The summed E-state index contributed by atoms with van der Waals surface area (Å²) in [5.74, 6) is -0.596. The van der Waals surface area contributed by atoms with Crippen LogP contribution >= 0.6 is 11.3 Å². The van der Waals surface area contributed by atoms with Crippen LogP contribution in [-0.2, 0) is 17.6 Å². The van der Waals surface area contributed by atoms with Gasteiger partial charge in [0.05, 0.1) is 29.1 Å². The van der Waals surface area contributed by atoms with E-state index >= 15 is 4.39 Å². The normalized spacial score (nSPS) is 23.2. The van der Waals surface area contributed by atoms with Crippen LogP contribution in [0.5, 0.6) is 0 Å². The Morgan fingerprint density at radius 3 is 2.86 bits per heavy atom. The molecule has 2 unspecified atom stereocenters. The fourth-order valence-corrected chi connectivity index (χ4v) is 6.69. The average Bonchev–Trinajstić information content (AvgIpc) is 3.19. The summed E-state index contributed by atoms with van der Waals surface area (Å²) in [4.78, 5) is 20.8. The number of nitrogen functional groups attached to an aromatic ring is 1. The average molecular weight is 507 g/mol. The number of morpholine rings is 2. The molecule has 186 valence electrons. The van der Waals surface area contributed by atoms with Gasteiger partial charge in [-0.25, -0.2) is 9.37 Å². The molecule has 1 amide bonds. The minimum atomic E-state index is -0.325. The second-order valence-corrected chi connectivity index (χ2v) is 10.8. The Morgan fingerprint density at radius 1 is 1.33 bits per heavy atom. The molecule has 10 heteroatoms. The van der Waals surface area contributed by atoms with Crippen LogP contribution < -0.4 is 21.3 Å². The van der Waals surface area contributed by atoms with Gasteiger partial charge in [-0.2, -0.15) is 5.26 Å². The summed E-state index contributed by atoms with van der Waals surface area (Å²) in [5.41, 5.74) is 10.00. The van der Waals surface area contributed by atoms with Crippen molar-refractivity contribution in [1.29, 1.82) is 5.26 Å². The Balaban J connectivity index is 1.24. The van der Waals surface area contributed by atoms with Gasteiger partial charge >= 0.3 is 0 Å². The molecule has 2 aromatic heterocycles. The van der Waals surface area contributed by atoms with E-state index in [4.69, 9.17) is 10.5 Å². The Bertz CT molecular complexity index is 1400. The molecular weight excluding hydrogens is 479 g/mol. The quantitative estimate of drug-likeness (QED) is 0.500. The summed E-state index contributed by atoms with van der Waals surface area (Å²) in [6.07, 6.45) is 1.54. The smallest absolute Gasteiger partial charge is 0.263 e. The second kappa shape index (κ2) is 9.00. The number of pyridine rings is 1. The van der Waals surface area contributed by atoms with Crippen molar-refractivity contribution in [3.8, 4) is 6.07 Å². The fraction of sp³-hybridized carbons (Fsp3) is 0.423. The lowest BCUT2D eigenvalue weighted by Gasteiger charge is -2.43. The van der Waals surface area contributed by atoms with Gasteiger partial charge < -0.3 is 26.0 Å². The van der Waals surface area contributed by atoms with Crippen LogP contribution in [0.2, 0.25) is 0 Å². The van der Waals surface area contributed by atoms with E-state index < -0.39 is 0 Å². The van der Waals surface area contributed by atoms with Crippen LogP contribution in [0.1, 0.15) is 38.5 Å². The molecule has 3 aliphatic rings. The molecule has 2 fully saturated rings. The summed E-state index contributed by atoms with van der Waals surface area (Å²) in [7, 11) is 0. The van der Waals surface area contributed by atoms with E-state index in [1.165, 1.54) is 17.4 Å². The van der Waals surface area contributed by atoms with Crippen molar-refractivity contribution >= 4 is 38.8 Å². The van der Waals surface area contributed by atoms with Gasteiger partial charge in [-0.05, 0) is 55.5 Å². The number of amides is 1. The summed E-state index contributed by atoms with van der Waals surface area (Å²) in [6, 6.07) is 7.35. The van der Waals surface area contributed by atoms with E-state index in [-0.39, 0.29) is 30.0 Å². The lowest BCUT2D eigenvalue weighted by molar-refractivity contribution is -0.0484. The first-order valence-corrected chi connectivity index (χ1v) is 13.0. The molecule has 4 N–H and O–H groups in total. The number of hydrogen-bond donors (Lipinski definition) is 3. The lowest BCUT2D eigenvalue weighted by atomic mass is 9.84. The third-order valence-corrected chi connectivity index (χ3v) is 8.49. The third-order valence-electron chi connectivity index (χ3n) is 7.37. The van der Waals surface area contributed by atoms with Crippen molar-refractivity contribution < 1.29 is 13.9 Å². The monoisotopic (exact) mass is 506 g/mol. The number of aryl methyl sites for hydroxylation is 1. The minimum absolute atomic E-state index is 0.0307. The number of carbonyl (C=O) groups excluding carboxylic acids is 1. The molecular formula is C26H27FN6O2S. The number of nitrogens with two attached hydrogens (primary N) is 1. The maximum atomic E-state index is 15.4. The van der Waals surface area contributed by atoms with Crippen molar-refractivity contribution in [2.45, 2.75) is 44.4 Å². The topological polar surface area (TPSA) is 116 Å². The van der Waals surface area contributed by atoms with Gasteiger partial charge in [0.2, 0.25) is 0 Å². The molecule has 3 aromatic rings. The molecule has 3 atom stereocenters. The van der Waals surface area contributed by atoms with Crippen molar-refractivity contribution in [2.24, 2.45) is 0 Å². The third kappa shape index (κ3) is 3.97. The predicted octanol–water partition coefficient (Wildman–Crippen LogP) is 2.66. The number of ether oxygens (including phenoxy) is 1. The SMILES string of the molecule is Cc1ccc2c(N)c(C(=O)N[C@H]3CCc4c(C#N)c(N5CC6CNCC(C5)O6)cc(F)c4C3)sc2n1. The molecule has 2 bridgehead atoms. The standard InChI is InChI=1S/C26H27FN6O2S/c1-13-2-4-18-23(29)24(36-26(18)31-13)25(34)32-14-3-5-17-19(6-14)21(27)7-22(20(17)8-28)33-11-15-9-30-10-16(12-33)35-15/h2,4,7,14-16,30H,3,5-6,9-12,29H2,1H3,(H,32,34)/t14-,15?,16?/m0/s1. The number of hydrogen-bond acceptors (Lipinski definition) is 8. The molecule has 0 spiro atoms. The number of nitrogens with zero attached hydrogens (tertiary/aromatic N) is 3. The van der Waals surface area contributed by atoms with Crippen LogP contribution in [0.4, 0.5) is 15.8 Å². The first kappa shape index (κ1) is 23.2. The molecule has 0 saturated carbocycles. The highest BCUT2D eigenvalue weighted by molar-refractivity contribution is 7.21. The first-order chi connectivity index (χ1) is 17.4. The van der Waals surface area contributed by atoms with Gasteiger partial charge in [-0.15, -0.1) is 11.3 Å². The zero-order chi connectivity index (χ0) is 25.0. The molecule has 2 aliphatic heterocycles. The highest BCUT2D eigenvalue weighted by Crippen LogP contribution is 2.36.